The first kappa shape index (κ1) is 16.5. The van der Waals surface area contributed by atoms with Crippen LogP contribution in [0.4, 0.5) is 0 Å². The van der Waals surface area contributed by atoms with Crippen LogP contribution in [-0.4, -0.2) is 46.8 Å². The lowest BCUT2D eigenvalue weighted by molar-refractivity contribution is 0.0535. The number of aromatic nitrogens is 2. The van der Waals surface area contributed by atoms with Crippen LogP contribution in [0.5, 0.6) is 5.75 Å². The zero-order chi connectivity index (χ0) is 16.8. The molecule has 6 nitrogen and oxygen atoms in total. The van der Waals surface area contributed by atoms with Crippen LogP contribution in [0.1, 0.15) is 35.9 Å². The van der Waals surface area contributed by atoms with Gasteiger partial charge in [0.1, 0.15) is 12.4 Å². The van der Waals surface area contributed by atoms with Gasteiger partial charge in [-0.05, 0) is 38.0 Å². The van der Waals surface area contributed by atoms with E-state index in [-0.39, 0.29) is 12.0 Å². The lowest BCUT2D eigenvalue weighted by Gasteiger charge is -2.23. The Labute approximate surface area is 141 Å². The number of benzene rings is 1. The van der Waals surface area contributed by atoms with E-state index in [1.165, 1.54) is 0 Å². The van der Waals surface area contributed by atoms with Crippen LogP contribution < -0.4 is 4.74 Å². The number of amides is 1. The van der Waals surface area contributed by atoms with Crippen molar-refractivity contribution in [3.05, 3.63) is 47.8 Å². The van der Waals surface area contributed by atoms with Crippen LogP contribution in [-0.2, 0) is 11.3 Å². The quantitative estimate of drug-likeness (QED) is 0.848. The van der Waals surface area contributed by atoms with Gasteiger partial charge in [-0.3, -0.25) is 9.89 Å². The number of carbonyl (C=O) groups is 1. The second-order valence-electron chi connectivity index (χ2n) is 5.86. The molecule has 3 rings (SSSR count). The Balaban J connectivity index is 1.57. The van der Waals surface area contributed by atoms with Gasteiger partial charge in [0.15, 0.2) is 5.69 Å². The van der Waals surface area contributed by atoms with E-state index in [1.807, 2.05) is 37.3 Å². The molecule has 0 aliphatic carbocycles. The lowest BCUT2D eigenvalue weighted by Crippen LogP contribution is -2.37. The minimum atomic E-state index is -0.0739. The first-order chi connectivity index (χ1) is 11.8. The molecule has 1 aliphatic heterocycles. The Kier molecular flexibility index (Phi) is 5.48. The SMILES string of the molecule is CCN(C[C@H]1CCCO1)C(=O)c1cc(COc2ccccc2)[nH]n1. The fourth-order valence-corrected chi connectivity index (χ4v) is 2.77. The van der Waals surface area contributed by atoms with Gasteiger partial charge in [-0.2, -0.15) is 5.10 Å². The van der Waals surface area contributed by atoms with Gasteiger partial charge in [0.25, 0.3) is 5.91 Å². The molecule has 0 saturated carbocycles. The molecule has 0 radical (unpaired) electrons. The number of nitrogens with zero attached hydrogens (tertiary/aromatic N) is 2. The molecule has 1 N–H and O–H groups in total. The number of nitrogens with one attached hydrogen (secondary N) is 1. The summed E-state index contributed by atoms with van der Waals surface area (Å²) in [6.07, 6.45) is 2.23. The van der Waals surface area contributed by atoms with E-state index in [9.17, 15) is 4.79 Å². The van der Waals surface area contributed by atoms with Gasteiger partial charge in [-0.15, -0.1) is 0 Å². The number of likely N-dealkylation sites (N-methyl/N-ethyl adjacent to an activating group) is 1. The molecule has 0 unspecified atom stereocenters. The van der Waals surface area contributed by atoms with Crippen molar-refractivity contribution in [1.82, 2.24) is 15.1 Å². The van der Waals surface area contributed by atoms with Gasteiger partial charge in [-0.25, -0.2) is 0 Å². The molecular formula is C18H23N3O3. The highest BCUT2D eigenvalue weighted by Gasteiger charge is 2.23. The predicted molar refractivity (Wildman–Crippen MR) is 89.9 cm³/mol. The van der Waals surface area contributed by atoms with Crippen LogP contribution in [0.25, 0.3) is 0 Å². The topological polar surface area (TPSA) is 67.4 Å². The highest BCUT2D eigenvalue weighted by Crippen LogP contribution is 2.15. The summed E-state index contributed by atoms with van der Waals surface area (Å²) in [5.74, 6) is 0.712. The number of hydrogen-bond donors (Lipinski definition) is 1. The summed E-state index contributed by atoms with van der Waals surface area (Å²) in [6.45, 7) is 4.38. The number of hydrogen-bond acceptors (Lipinski definition) is 4. The minimum Gasteiger partial charge on any atom is -0.487 e. The normalized spacial score (nSPS) is 17.0. The third-order valence-corrected chi connectivity index (χ3v) is 4.10. The van der Waals surface area contributed by atoms with Gasteiger partial charge in [0.05, 0.1) is 11.8 Å². The molecule has 1 amide bonds. The molecule has 1 aromatic carbocycles. The molecule has 24 heavy (non-hydrogen) atoms. The van der Waals surface area contributed by atoms with E-state index in [4.69, 9.17) is 9.47 Å². The van der Waals surface area contributed by atoms with E-state index in [2.05, 4.69) is 10.2 Å². The molecule has 1 atom stereocenters. The second kappa shape index (κ2) is 7.97. The molecule has 128 valence electrons. The molecule has 6 heteroatoms. The second-order valence-corrected chi connectivity index (χ2v) is 5.86. The van der Waals surface area contributed by atoms with Gasteiger partial charge in [0, 0.05) is 19.7 Å². The minimum absolute atomic E-state index is 0.0739. The maximum atomic E-state index is 12.6. The van der Waals surface area contributed by atoms with Crippen molar-refractivity contribution >= 4 is 5.91 Å². The fraction of sp³-hybridized carbons (Fsp3) is 0.444. The monoisotopic (exact) mass is 329 g/mol. The summed E-state index contributed by atoms with van der Waals surface area (Å²) in [7, 11) is 0. The average molecular weight is 329 g/mol. The molecule has 0 spiro atoms. The van der Waals surface area contributed by atoms with E-state index in [0.29, 0.717) is 25.4 Å². The van der Waals surface area contributed by atoms with Crippen LogP contribution in [0.15, 0.2) is 36.4 Å². The number of carbonyl (C=O) groups excluding carboxylic acids is 1. The van der Waals surface area contributed by atoms with Crippen molar-refractivity contribution in [2.75, 3.05) is 19.7 Å². The maximum absolute atomic E-state index is 12.6. The van der Waals surface area contributed by atoms with Crippen molar-refractivity contribution in [2.45, 2.75) is 32.5 Å². The molecule has 0 bridgehead atoms. The standard InChI is InChI=1S/C18H23N3O3/c1-2-21(12-16-9-6-10-23-16)18(22)17-11-14(19-20-17)13-24-15-7-4-3-5-8-15/h3-5,7-8,11,16H,2,6,9-10,12-13H2,1H3,(H,19,20)/t16-/m1/s1. The fourth-order valence-electron chi connectivity index (χ4n) is 2.77. The van der Waals surface area contributed by atoms with E-state index in [1.54, 1.807) is 11.0 Å². The first-order valence-corrected chi connectivity index (χ1v) is 8.39. The summed E-state index contributed by atoms with van der Waals surface area (Å²) in [5, 5.41) is 7.01. The van der Waals surface area contributed by atoms with Crippen molar-refractivity contribution in [3.63, 3.8) is 0 Å². The third kappa shape index (κ3) is 4.14. The van der Waals surface area contributed by atoms with Gasteiger partial charge < -0.3 is 14.4 Å². The summed E-state index contributed by atoms with van der Waals surface area (Å²) >= 11 is 0. The van der Waals surface area contributed by atoms with Crippen molar-refractivity contribution in [3.8, 4) is 5.75 Å². The Morgan fingerprint density at radius 3 is 2.96 bits per heavy atom. The van der Waals surface area contributed by atoms with E-state index < -0.39 is 0 Å². The zero-order valence-electron chi connectivity index (χ0n) is 13.9. The van der Waals surface area contributed by atoms with Crippen molar-refractivity contribution in [2.24, 2.45) is 0 Å². The maximum Gasteiger partial charge on any atom is 0.274 e. The number of para-hydroxylation sites is 1. The molecule has 1 aromatic heterocycles. The van der Waals surface area contributed by atoms with Gasteiger partial charge in [0.2, 0.25) is 0 Å². The molecule has 2 aromatic rings. The number of aromatic amines is 1. The smallest absolute Gasteiger partial charge is 0.274 e. The Bertz CT molecular complexity index is 651. The largest absolute Gasteiger partial charge is 0.487 e. The van der Waals surface area contributed by atoms with Gasteiger partial charge in [-0.1, -0.05) is 18.2 Å². The highest BCUT2D eigenvalue weighted by atomic mass is 16.5. The Hall–Kier alpha value is -2.34. The number of H-pyrrole nitrogens is 1. The summed E-state index contributed by atoms with van der Waals surface area (Å²) in [6, 6.07) is 11.3. The van der Waals surface area contributed by atoms with Crippen LogP contribution in [0, 0.1) is 0 Å². The summed E-state index contributed by atoms with van der Waals surface area (Å²) in [4.78, 5) is 14.4. The van der Waals surface area contributed by atoms with Crippen LogP contribution in [0.3, 0.4) is 0 Å². The van der Waals surface area contributed by atoms with E-state index >= 15 is 0 Å². The Morgan fingerprint density at radius 2 is 2.25 bits per heavy atom. The van der Waals surface area contributed by atoms with Crippen LogP contribution in [0.2, 0.25) is 0 Å². The van der Waals surface area contributed by atoms with Crippen LogP contribution >= 0.6 is 0 Å². The van der Waals surface area contributed by atoms with Crippen molar-refractivity contribution < 1.29 is 14.3 Å². The Morgan fingerprint density at radius 1 is 1.42 bits per heavy atom. The third-order valence-electron chi connectivity index (χ3n) is 4.10. The lowest BCUT2D eigenvalue weighted by atomic mass is 10.2. The molecular weight excluding hydrogens is 306 g/mol. The average Bonchev–Trinajstić information content (AvgIpc) is 3.30. The number of rotatable bonds is 7. The first-order valence-electron chi connectivity index (χ1n) is 8.39. The van der Waals surface area contributed by atoms with Gasteiger partial charge >= 0.3 is 0 Å². The number of ether oxygens (including phenoxy) is 2. The predicted octanol–water partition coefficient (Wildman–Crippen LogP) is 2.63. The summed E-state index contributed by atoms with van der Waals surface area (Å²) < 4.78 is 11.3. The molecule has 1 fully saturated rings. The zero-order valence-corrected chi connectivity index (χ0v) is 13.9. The summed E-state index contributed by atoms with van der Waals surface area (Å²) in [5.41, 5.74) is 1.19. The molecule has 1 saturated heterocycles. The molecule has 2 heterocycles. The van der Waals surface area contributed by atoms with E-state index in [0.717, 1.165) is 30.9 Å². The van der Waals surface area contributed by atoms with Crippen molar-refractivity contribution in [1.29, 1.82) is 0 Å². The molecule has 1 aliphatic rings. The highest BCUT2D eigenvalue weighted by molar-refractivity contribution is 5.92.